The quantitative estimate of drug-likeness (QED) is 0.535. The molecule has 1 aromatic heterocycles. The predicted molar refractivity (Wildman–Crippen MR) is 134 cm³/mol. The van der Waals surface area contributed by atoms with E-state index < -0.39 is 10.0 Å². The largest absolute Gasteiger partial charge is 0.336 e. The van der Waals surface area contributed by atoms with Crippen LogP contribution in [-0.2, 0) is 16.6 Å². The molecule has 3 heterocycles. The first kappa shape index (κ1) is 23.4. The SMILES string of the molecule is O=C(c1ccc(S(=O)(=O)N2CCCCCC2)cc1)N1CCN(Cc2nc3ccccc3s2)CC1. The summed E-state index contributed by atoms with van der Waals surface area (Å²) in [4.78, 5) is 22.2. The Morgan fingerprint density at radius 2 is 1.53 bits per heavy atom. The summed E-state index contributed by atoms with van der Waals surface area (Å²) in [5, 5.41) is 1.10. The van der Waals surface area contributed by atoms with Crippen molar-refractivity contribution in [3.05, 3.63) is 59.1 Å². The number of piperazine rings is 1. The number of fused-ring (bicyclic) bond motifs is 1. The van der Waals surface area contributed by atoms with Crippen molar-refractivity contribution in [1.29, 1.82) is 0 Å². The van der Waals surface area contributed by atoms with Crippen LogP contribution in [0.25, 0.3) is 10.2 Å². The maximum absolute atomic E-state index is 13.0. The molecule has 2 aliphatic rings. The zero-order valence-electron chi connectivity index (χ0n) is 19.2. The molecule has 0 spiro atoms. The lowest BCUT2D eigenvalue weighted by atomic mass is 10.2. The molecule has 0 saturated carbocycles. The van der Waals surface area contributed by atoms with Crippen LogP contribution in [0.5, 0.6) is 0 Å². The molecule has 3 aromatic rings. The number of amides is 1. The molecule has 0 unspecified atom stereocenters. The fourth-order valence-corrected chi connectivity index (χ4v) is 7.20. The zero-order chi connectivity index (χ0) is 23.5. The lowest BCUT2D eigenvalue weighted by molar-refractivity contribution is 0.0628. The number of hydrogen-bond donors (Lipinski definition) is 0. The number of aromatic nitrogens is 1. The minimum atomic E-state index is -3.50. The van der Waals surface area contributed by atoms with Gasteiger partial charge in [0.15, 0.2) is 0 Å². The van der Waals surface area contributed by atoms with Gasteiger partial charge < -0.3 is 4.90 Å². The molecule has 34 heavy (non-hydrogen) atoms. The fourth-order valence-electron chi connectivity index (χ4n) is 4.67. The summed E-state index contributed by atoms with van der Waals surface area (Å²) in [6, 6.07) is 14.6. The maximum Gasteiger partial charge on any atom is 0.253 e. The third kappa shape index (κ3) is 5.02. The van der Waals surface area contributed by atoms with Crippen molar-refractivity contribution in [2.45, 2.75) is 37.1 Å². The Bertz CT molecular complexity index is 1210. The third-order valence-electron chi connectivity index (χ3n) is 6.66. The standard InChI is InChI=1S/C25H30N4O3S2/c30-25(20-9-11-21(12-10-20)34(31,32)29-13-5-1-2-6-14-29)28-17-15-27(16-18-28)19-24-26-22-7-3-4-8-23(22)33-24/h3-4,7-12H,1-2,5-6,13-19H2. The van der Waals surface area contributed by atoms with E-state index in [-0.39, 0.29) is 10.8 Å². The van der Waals surface area contributed by atoms with Crippen molar-refractivity contribution < 1.29 is 13.2 Å². The Morgan fingerprint density at radius 3 is 2.21 bits per heavy atom. The van der Waals surface area contributed by atoms with Crippen molar-refractivity contribution in [1.82, 2.24) is 19.1 Å². The molecule has 0 atom stereocenters. The number of carbonyl (C=O) groups excluding carboxylic acids is 1. The molecular formula is C25H30N4O3S2. The first-order valence-electron chi connectivity index (χ1n) is 12.0. The van der Waals surface area contributed by atoms with E-state index in [9.17, 15) is 13.2 Å². The van der Waals surface area contributed by atoms with Crippen molar-refractivity contribution >= 4 is 37.5 Å². The Balaban J connectivity index is 1.18. The highest BCUT2D eigenvalue weighted by Crippen LogP contribution is 2.24. The number of thiazole rings is 1. The second kappa shape index (κ2) is 10.1. The van der Waals surface area contributed by atoms with Gasteiger partial charge in [0, 0.05) is 44.8 Å². The number of nitrogens with zero attached hydrogens (tertiary/aromatic N) is 4. The minimum Gasteiger partial charge on any atom is -0.336 e. The van der Waals surface area contributed by atoms with E-state index in [2.05, 4.69) is 11.0 Å². The summed E-state index contributed by atoms with van der Waals surface area (Å²) in [5.41, 5.74) is 1.58. The summed E-state index contributed by atoms with van der Waals surface area (Å²) < 4.78 is 28.8. The monoisotopic (exact) mass is 498 g/mol. The summed E-state index contributed by atoms with van der Waals surface area (Å²) in [6.45, 7) is 4.83. The van der Waals surface area contributed by atoms with Crippen molar-refractivity contribution in [3.8, 4) is 0 Å². The number of carbonyl (C=O) groups is 1. The summed E-state index contributed by atoms with van der Waals surface area (Å²) >= 11 is 1.72. The van der Waals surface area contributed by atoms with E-state index in [1.807, 2.05) is 23.1 Å². The van der Waals surface area contributed by atoms with Crippen LogP contribution in [0.3, 0.4) is 0 Å². The van der Waals surface area contributed by atoms with Crippen LogP contribution in [0.4, 0.5) is 0 Å². The van der Waals surface area contributed by atoms with E-state index >= 15 is 0 Å². The van der Waals surface area contributed by atoms with Crippen LogP contribution < -0.4 is 0 Å². The minimum absolute atomic E-state index is 0.0432. The zero-order valence-corrected chi connectivity index (χ0v) is 20.9. The molecule has 2 aliphatic heterocycles. The molecule has 2 saturated heterocycles. The van der Waals surface area contributed by atoms with Gasteiger partial charge in [-0.3, -0.25) is 9.69 Å². The van der Waals surface area contributed by atoms with Crippen molar-refractivity contribution in [3.63, 3.8) is 0 Å². The van der Waals surface area contributed by atoms with E-state index in [0.29, 0.717) is 31.7 Å². The Morgan fingerprint density at radius 1 is 0.853 bits per heavy atom. The second-order valence-corrected chi connectivity index (χ2v) is 12.0. The highest BCUT2D eigenvalue weighted by atomic mass is 32.2. The normalized spacial score (nSPS) is 18.8. The van der Waals surface area contributed by atoms with Gasteiger partial charge in [-0.15, -0.1) is 11.3 Å². The molecule has 0 N–H and O–H groups in total. The third-order valence-corrected chi connectivity index (χ3v) is 9.59. The molecule has 0 aliphatic carbocycles. The van der Waals surface area contributed by atoms with Gasteiger partial charge in [0.25, 0.3) is 5.91 Å². The van der Waals surface area contributed by atoms with Crippen LogP contribution in [0.15, 0.2) is 53.4 Å². The number of benzene rings is 2. The molecular weight excluding hydrogens is 468 g/mol. The molecule has 2 fully saturated rings. The van der Waals surface area contributed by atoms with E-state index in [1.165, 1.54) is 4.70 Å². The van der Waals surface area contributed by atoms with E-state index in [4.69, 9.17) is 4.98 Å². The van der Waals surface area contributed by atoms with E-state index in [1.54, 1.807) is 39.9 Å². The van der Waals surface area contributed by atoms with Gasteiger partial charge in [-0.2, -0.15) is 4.31 Å². The average Bonchev–Trinajstić information content (AvgIpc) is 3.06. The molecule has 2 aromatic carbocycles. The number of sulfonamides is 1. The van der Waals surface area contributed by atoms with Crippen molar-refractivity contribution in [2.24, 2.45) is 0 Å². The van der Waals surface area contributed by atoms with Gasteiger partial charge in [-0.25, -0.2) is 13.4 Å². The van der Waals surface area contributed by atoms with Crippen LogP contribution >= 0.6 is 11.3 Å². The molecule has 0 radical (unpaired) electrons. The average molecular weight is 499 g/mol. The van der Waals surface area contributed by atoms with Gasteiger partial charge in [-0.1, -0.05) is 25.0 Å². The van der Waals surface area contributed by atoms with Gasteiger partial charge in [0.1, 0.15) is 5.01 Å². The Kier molecular flexibility index (Phi) is 6.96. The van der Waals surface area contributed by atoms with Crippen LogP contribution in [0.2, 0.25) is 0 Å². The first-order chi connectivity index (χ1) is 16.5. The predicted octanol–water partition coefficient (Wildman–Crippen LogP) is 3.82. The smallest absolute Gasteiger partial charge is 0.253 e. The molecule has 180 valence electrons. The molecule has 0 bridgehead atoms. The van der Waals surface area contributed by atoms with Gasteiger partial charge >= 0.3 is 0 Å². The highest BCUT2D eigenvalue weighted by Gasteiger charge is 2.27. The van der Waals surface area contributed by atoms with Crippen molar-refractivity contribution in [2.75, 3.05) is 39.3 Å². The number of rotatable bonds is 5. The number of hydrogen-bond acceptors (Lipinski definition) is 6. The van der Waals surface area contributed by atoms with Gasteiger partial charge in [0.2, 0.25) is 10.0 Å². The Labute approximate surface area is 205 Å². The second-order valence-electron chi connectivity index (χ2n) is 8.99. The summed E-state index contributed by atoms with van der Waals surface area (Å²) in [6.07, 6.45) is 3.96. The Hall–Kier alpha value is -2.33. The molecule has 1 amide bonds. The van der Waals surface area contributed by atoms with Crippen LogP contribution in [0, 0.1) is 0 Å². The van der Waals surface area contributed by atoms with E-state index in [0.717, 1.165) is 55.8 Å². The topological polar surface area (TPSA) is 73.8 Å². The van der Waals surface area contributed by atoms with Gasteiger partial charge in [0.05, 0.1) is 21.7 Å². The lowest BCUT2D eigenvalue weighted by Gasteiger charge is -2.34. The molecule has 5 rings (SSSR count). The first-order valence-corrected chi connectivity index (χ1v) is 14.2. The van der Waals surface area contributed by atoms with Crippen LogP contribution in [0.1, 0.15) is 41.0 Å². The summed E-state index contributed by atoms with van der Waals surface area (Å²) in [7, 11) is -3.50. The summed E-state index contributed by atoms with van der Waals surface area (Å²) in [5.74, 6) is -0.0432. The fraction of sp³-hybridized carbons (Fsp3) is 0.440. The van der Waals surface area contributed by atoms with Crippen LogP contribution in [-0.4, -0.2) is 72.7 Å². The lowest BCUT2D eigenvalue weighted by Crippen LogP contribution is -2.48. The molecule has 9 heteroatoms. The molecule has 7 nitrogen and oxygen atoms in total. The number of para-hydroxylation sites is 1. The van der Waals surface area contributed by atoms with Gasteiger partial charge in [-0.05, 0) is 49.2 Å². The maximum atomic E-state index is 13.0. The highest BCUT2D eigenvalue weighted by molar-refractivity contribution is 7.89.